The summed E-state index contributed by atoms with van der Waals surface area (Å²) in [7, 11) is 1.42. The number of carbonyl (C=O) groups is 2. The molecule has 0 bridgehead atoms. The number of halogens is 1. The van der Waals surface area contributed by atoms with Crippen molar-refractivity contribution in [3.63, 3.8) is 0 Å². The summed E-state index contributed by atoms with van der Waals surface area (Å²) in [4.78, 5) is 24.1. The van der Waals surface area contributed by atoms with Crippen LogP contribution < -0.4 is 16.4 Å². The van der Waals surface area contributed by atoms with Crippen LogP contribution >= 0.6 is 11.6 Å². The Morgan fingerprint density at radius 2 is 2.00 bits per heavy atom. The Bertz CT molecular complexity index is 572. The van der Waals surface area contributed by atoms with Crippen LogP contribution in [0.4, 0.5) is 16.2 Å². The van der Waals surface area contributed by atoms with Gasteiger partial charge in [-0.15, -0.1) is 0 Å². The van der Waals surface area contributed by atoms with Crippen LogP contribution in [0, 0.1) is 0 Å². The first-order chi connectivity index (χ1) is 10.6. The van der Waals surface area contributed by atoms with E-state index in [1.165, 1.54) is 13.2 Å². The van der Waals surface area contributed by atoms with E-state index in [2.05, 4.69) is 10.6 Å². The second kappa shape index (κ2) is 8.03. The van der Waals surface area contributed by atoms with Crippen LogP contribution in [-0.2, 0) is 14.3 Å². The summed E-state index contributed by atoms with van der Waals surface area (Å²) in [6.07, 6.45) is -0.714. The minimum absolute atomic E-state index is 0.0223. The fourth-order valence-corrected chi connectivity index (χ4v) is 1.83. The highest BCUT2D eigenvalue weighted by Crippen LogP contribution is 2.23. The lowest BCUT2D eigenvalue weighted by Gasteiger charge is -2.23. The van der Waals surface area contributed by atoms with Crippen molar-refractivity contribution in [1.82, 2.24) is 5.32 Å². The van der Waals surface area contributed by atoms with Gasteiger partial charge in [0, 0.05) is 12.1 Å². The first-order valence-electron chi connectivity index (χ1n) is 6.96. The number of ether oxygens (including phenoxy) is 2. The number of alkyl carbamates (subject to hydrolysis) is 1. The fourth-order valence-electron chi connectivity index (χ4n) is 1.66. The predicted molar refractivity (Wildman–Crippen MR) is 89.5 cm³/mol. The second-order valence-corrected chi connectivity index (χ2v) is 6.31. The van der Waals surface area contributed by atoms with Crippen molar-refractivity contribution in [3.05, 3.63) is 23.2 Å². The number of amides is 2. The maximum Gasteiger partial charge on any atom is 0.408 e. The summed E-state index contributed by atoms with van der Waals surface area (Å²) in [6, 6.07) is 3.77. The quantitative estimate of drug-likeness (QED) is 0.712. The van der Waals surface area contributed by atoms with E-state index in [1.807, 2.05) is 0 Å². The van der Waals surface area contributed by atoms with Crippen molar-refractivity contribution in [3.8, 4) is 0 Å². The monoisotopic (exact) mass is 343 g/mol. The van der Waals surface area contributed by atoms with Gasteiger partial charge >= 0.3 is 6.09 Å². The maximum atomic E-state index is 12.3. The molecule has 8 heteroatoms. The van der Waals surface area contributed by atoms with Crippen LogP contribution in [0.15, 0.2) is 18.2 Å². The topological polar surface area (TPSA) is 103 Å². The summed E-state index contributed by atoms with van der Waals surface area (Å²) >= 11 is 5.88. The summed E-state index contributed by atoms with van der Waals surface area (Å²) in [6.45, 7) is 5.16. The van der Waals surface area contributed by atoms with Crippen molar-refractivity contribution in [2.45, 2.75) is 32.4 Å². The Kier molecular flexibility index (Phi) is 6.65. The van der Waals surface area contributed by atoms with Crippen molar-refractivity contribution in [1.29, 1.82) is 0 Å². The van der Waals surface area contributed by atoms with Gasteiger partial charge in [-0.25, -0.2) is 4.79 Å². The maximum absolute atomic E-state index is 12.3. The number of hydrogen-bond acceptors (Lipinski definition) is 5. The van der Waals surface area contributed by atoms with Gasteiger partial charge in [0.2, 0.25) is 5.91 Å². The molecule has 1 aromatic rings. The van der Waals surface area contributed by atoms with Crippen molar-refractivity contribution < 1.29 is 19.1 Å². The van der Waals surface area contributed by atoms with Gasteiger partial charge in [0.25, 0.3) is 0 Å². The zero-order valence-electron chi connectivity index (χ0n) is 13.6. The summed E-state index contributed by atoms with van der Waals surface area (Å²) in [5.41, 5.74) is 5.82. The third-order valence-corrected chi connectivity index (χ3v) is 2.85. The van der Waals surface area contributed by atoms with Gasteiger partial charge < -0.3 is 25.8 Å². The zero-order valence-corrected chi connectivity index (χ0v) is 14.4. The van der Waals surface area contributed by atoms with Gasteiger partial charge in [0.1, 0.15) is 11.6 Å². The number of carbonyl (C=O) groups excluding carboxylic acids is 2. The number of anilines is 2. The zero-order chi connectivity index (χ0) is 17.6. The molecule has 0 saturated heterocycles. The van der Waals surface area contributed by atoms with Crippen LogP contribution in [0.3, 0.4) is 0 Å². The van der Waals surface area contributed by atoms with Gasteiger partial charge in [-0.2, -0.15) is 0 Å². The highest BCUT2D eigenvalue weighted by molar-refractivity contribution is 6.31. The number of methoxy groups -OCH3 is 1. The Morgan fingerprint density at radius 3 is 2.57 bits per heavy atom. The number of nitrogens with one attached hydrogen (secondary N) is 2. The molecule has 0 unspecified atom stereocenters. The van der Waals surface area contributed by atoms with Crippen molar-refractivity contribution >= 4 is 35.0 Å². The first kappa shape index (κ1) is 19.1. The Morgan fingerprint density at radius 1 is 1.35 bits per heavy atom. The van der Waals surface area contributed by atoms with Crippen LogP contribution in [0.2, 0.25) is 5.02 Å². The first-order valence-corrected chi connectivity index (χ1v) is 7.34. The van der Waals surface area contributed by atoms with Gasteiger partial charge in [-0.05, 0) is 39.0 Å². The average molecular weight is 344 g/mol. The molecule has 1 atom stereocenters. The largest absolute Gasteiger partial charge is 0.444 e. The highest BCUT2D eigenvalue weighted by Gasteiger charge is 2.24. The molecular weight excluding hydrogens is 322 g/mol. The molecule has 0 aliphatic heterocycles. The summed E-state index contributed by atoms with van der Waals surface area (Å²) in [5, 5.41) is 5.49. The molecular formula is C15H22ClN3O4. The molecule has 0 aliphatic carbocycles. The summed E-state index contributed by atoms with van der Waals surface area (Å²) < 4.78 is 10.1. The normalized spacial score (nSPS) is 12.4. The number of nitrogens with two attached hydrogens (primary N) is 1. The lowest BCUT2D eigenvalue weighted by molar-refractivity contribution is -0.119. The lowest BCUT2D eigenvalue weighted by Crippen LogP contribution is -2.48. The van der Waals surface area contributed by atoms with E-state index < -0.39 is 23.6 Å². The van der Waals surface area contributed by atoms with Crippen molar-refractivity contribution in [2.75, 3.05) is 24.8 Å². The molecule has 7 nitrogen and oxygen atoms in total. The summed E-state index contributed by atoms with van der Waals surface area (Å²) in [5.74, 6) is -0.494. The lowest BCUT2D eigenvalue weighted by atomic mass is 10.2. The van der Waals surface area contributed by atoms with E-state index >= 15 is 0 Å². The number of hydrogen-bond donors (Lipinski definition) is 3. The standard InChI is InChI=1S/C15H22ClN3O4/c1-15(2,3)23-14(21)19-12(8-22-4)13(20)18-11-7-9(16)5-6-10(11)17/h5-7,12H,8,17H2,1-4H3,(H,18,20)(H,19,21)/t12-/m0/s1. The Balaban J connectivity index is 2.78. The molecule has 0 saturated carbocycles. The molecule has 2 amide bonds. The number of rotatable bonds is 5. The Hall–Kier alpha value is -1.99. The molecule has 128 valence electrons. The van der Waals surface area contributed by atoms with Crippen molar-refractivity contribution in [2.24, 2.45) is 0 Å². The van der Waals surface area contributed by atoms with E-state index in [-0.39, 0.29) is 6.61 Å². The van der Waals surface area contributed by atoms with Crippen LogP contribution in [0.25, 0.3) is 0 Å². The average Bonchev–Trinajstić information content (AvgIpc) is 2.40. The minimum atomic E-state index is -0.937. The molecule has 4 N–H and O–H groups in total. The molecule has 0 aliphatic rings. The molecule has 1 aromatic carbocycles. The van der Waals surface area contributed by atoms with Gasteiger partial charge in [-0.3, -0.25) is 4.79 Å². The molecule has 23 heavy (non-hydrogen) atoms. The molecule has 0 heterocycles. The predicted octanol–water partition coefficient (Wildman–Crippen LogP) is 2.40. The molecule has 1 rings (SSSR count). The third-order valence-electron chi connectivity index (χ3n) is 2.61. The van der Waals surface area contributed by atoms with E-state index in [0.717, 1.165) is 0 Å². The Labute approximate surface area is 140 Å². The second-order valence-electron chi connectivity index (χ2n) is 5.87. The third kappa shape index (κ3) is 6.75. The SMILES string of the molecule is COC[C@H](NC(=O)OC(C)(C)C)C(=O)Nc1cc(Cl)ccc1N. The van der Waals surface area contributed by atoms with E-state index in [0.29, 0.717) is 16.4 Å². The fraction of sp³-hybridized carbons (Fsp3) is 0.467. The number of nitrogen functional groups attached to an aromatic ring is 1. The van der Waals surface area contributed by atoms with Gasteiger partial charge in [0.05, 0.1) is 18.0 Å². The van der Waals surface area contributed by atoms with E-state index in [1.54, 1.807) is 32.9 Å². The number of benzene rings is 1. The smallest absolute Gasteiger partial charge is 0.408 e. The molecule has 0 fully saturated rings. The molecule has 0 aromatic heterocycles. The van der Waals surface area contributed by atoms with E-state index in [9.17, 15) is 9.59 Å². The highest BCUT2D eigenvalue weighted by atomic mass is 35.5. The van der Waals surface area contributed by atoms with Crippen LogP contribution in [-0.4, -0.2) is 37.4 Å². The molecule has 0 radical (unpaired) electrons. The van der Waals surface area contributed by atoms with Crippen LogP contribution in [0.5, 0.6) is 0 Å². The van der Waals surface area contributed by atoms with Gasteiger partial charge in [-0.1, -0.05) is 11.6 Å². The van der Waals surface area contributed by atoms with Gasteiger partial charge in [0.15, 0.2) is 0 Å². The minimum Gasteiger partial charge on any atom is -0.444 e. The van der Waals surface area contributed by atoms with E-state index in [4.69, 9.17) is 26.8 Å². The molecule has 0 spiro atoms. The van der Waals surface area contributed by atoms with Crippen LogP contribution in [0.1, 0.15) is 20.8 Å².